The number of hydrogen-bond acceptors (Lipinski definition) is 4. The third kappa shape index (κ3) is 14.6. The van der Waals surface area contributed by atoms with E-state index in [0.717, 1.165) is 27.9 Å². The predicted octanol–water partition coefficient (Wildman–Crippen LogP) is 28.8. The molecule has 21 rings (SSSR count). The molecule has 2 heterocycles. The minimum atomic E-state index is -0.574. The van der Waals surface area contributed by atoms with Gasteiger partial charge in [-0.2, -0.15) is 0 Å². The topological polar surface area (TPSA) is 51.6 Å². The molecule has 18 aromatic rings. The van der Waals surface area contributed by atoms with Crippen molar-refractivity contribution in [2.45, 2.75) is 52.3 Å². The first-order chi connectivity index (χ1) is 58.2. The predicted molar refractivity (Wildman–Crippen MR) is 484 cm³/mol. The minimum Gasteiger partial charge on any atom is -0.305 e. The molecule has 0 amide bonds. The first-order valence-corrected chi connectivity index (χ1v) is 39.8. The summed E-state index contributed by atoms with van der Waals surface area (Å²) >= 11 is 0. The second kappa shape index (κ2) is 34.6. The molecular weight excluding hydrogens is 1590 g/mol. The average Bonchev–Trinajstić information content (AvgIpc) is 1.48. The van der Waals surface area contributed by atoms with Crippen LogP contribution in [0.1, 0.15) is 86.0 Å². The molecule has 1 radical (unpaired) electrons. The van der Waals surface area contributed by atoms with Crippen molar-refractivity contribution < 1.29 is 22.8 Å². The maximum Gasteiger partial charge on any atom is 0.164 e. The summed E-state index contributed by atoms with van der Waals surface area (Å²) in [4.78, 5) is 19.4. The molecule has 16 aromatic carbocycles. The van der Waals surface area contributed by atoms with Crippen LogP contribution in [0.3, 0.4) is 0 Å². The van der Waals surface area contributed by atoms with E-state index in [9.17, 15) is 0 Å². The van der Waals surface area contributed by atoms with Gasteiger partial charge in [-0.25, -0.2) is 15.0 Å². The zero-order chi connectivity index (χ0) is 80.4. The van der Waals surface area contributed by atoms with Gasteiger partial charge in [-0.05, 0) is 202 Å². The third-order valence-corrected chi connectivity index (χ3v) is 22.5. The van der Waals surface area contributed by atoms with Crippen LogP contribution in [0, 0.1) is 19.9 Å². The van der Waals surface area contributed by atoms with Crippen LogP contribution in [0.25, 0.3) is 134 Å². The Kier molecular flexibility index (Phi) is 22.1. The number of benzene rings is 16. The van der Waals surface area contributed by atoms with Crippen LogP contribution in [0.15, 0.2) is 419 Å². The quantitative estimate of drug-likeness (QED) is 0.121. The second-order valence-corrected chi connectivity index (χ2v) is 29.1. The Hall–Kier alpha value is -13.7. The number of pyridine rings is 1. The molecule has 2 aromatic heterocycles. The van der Waals surface area contributed by atoms with E-state index < -0.39 is 10.8 Å². The summed E-state index contributed by atoms with van der Waals surface area (Å²) in [6.07, 6.45) is 1.81. The van der Waals surface area contributed by atoms with Crippen molar-refractivity contribution in [3.05, 3.63) is 480 Å². The molecule has 1 spiro atoms. The molecule has 565 valence electrons. The van der Waals surface area contributed by atoms with Crippen molar-refractivity contribution in [1.29, 1.82) is 0 Å². The fraction of sp³-hybridized carbons (Fsp3) is 0.0714. The molecule has 0 aliphatic heterocycles. The Balaban J connectivity index is 0.000000137. The van der Waals surface area contributed by atoms with Crippen LogP contribution in [0.5, 0.6) is 0 Å². The van der Waals surface area contributed by atoms with Gasteiger partial charge in [0.05, 0.1) is 10.8 Å². The number of rotatable bonds is 11. The van der Waals surface area contributed by atoms with Gasteiger partial charge in [-0.1, -0.05) is 379 Å². The SMILES string of the molecule is Cc1ccc(C)c(-c2cc[c-]c(-c3ccccn3)c2)c1.[3H]CC.[3H]CC.[Ir].c1ccc(-c2cc(-c3ccccc3)cc(C3(c4cc(-c5ccccc5)cc(-c5ccccc5)c4)c4ccccc4-c4ccccc43)c2)cc1.c1ccc(-c2nc(-c3ccccc3)nc(-c3ccc4c(c3)C3(c5ccccc5-c5ccccc53)c3ccccc3-4)n2)cc1. The Bertz CT molecular complexity index is 6150. The Labute approximate surface area is 704 Å². The molecule has 3 aliphatic carbocycles. The molecule has 0 bridgehead atoms. The van der Waals surface area contributed by atoms with E-state index in [4.69, 9.17) is 17.7 Å². The molecule has 0 saturated carbocycles. The van der Waals surface area contributed by atoms with Crippen LogP contribution in [0.2, 0.25) is 0 Å². The molecule has 5 heteroatoms. The summed E-state index contributed by atoms with van der Waals surface area (Å²) in [5, 5.41) is 0. The summed E-state index contributed by atoms with van der Waals surface area (Å²) in [5.74, 6) is 2.00. The smallest absolute Gasteiger partial charge is 0.164 e. The zero-order valence-corrected chi connectivity index (χ0v) is 68.3. The number of hydrogen-bond donors (Lipinski definition) is 0. The van der Waals surface area contributed by atoms with Crippen molar-refractivity contribution in [1.82, 2.24) is 19.9 Å². The van der Waals surface area contributed by atoms with E-state index in [0.29, 0.717) is 31.3 Å². The fourth-order valence-corrected chi connectivity index (χ4v) is 17.4. The molecule has 0 unspecified atom stereocenters. The minimum absolute atomic E-state index is 0. The molecule has 0 saturated heterocycles. The molecular formula is C112H87IrN4-. The van der Waals surface area contributed by atoms with E-state index in [1.807, 2.05) is 66.9 Å². The first-order valence-electron chi connectivity index (χ1n) is 41.2. The monoisotopic (exact) mass is 1680 g/mol. The van der Waals surface area contributed by atoms with Crippen molar-refractivity contribution >= 4 is 0 Å². The summed E-state index contributed by atoms with van der Waals surface area (Å²) in [6, 6.07) is 151. The zero-order valence-electron chi connectivity index (χ0n) is 67.9. The van der Waals surface area contributed by atoms with Crippen LogP contribution in [0.4, 0.5) is 0 Å². The van der Waals surface area contributed by atoms with Crippen LogP contribution >= 0.6 is 0 Å². The molecule has 4 nitrogen and oxygen atoms in total. The van der Waals surface area contributed by atoms with Crippen molar-refractivity contribution in [3.8, 4) is 134 Å². The van der Waals surface area contributed by atoms with Gasteiger partial charge in [0.25, 0.3) is 0 Å². The Morgan fingerprint density at radius 3 is 0.966 bits per heavy atom. The first kappa shape index (κ1) is 74.7. The van der Waals surface area contributed by atoms with E-state index in [-0.39, 0.29) is 20.1 Å². The molecule has 0 N–H and O–H groups in total. The number of aromatic nitrogens is 4. The van der Waals surface area contributed by atoms with Gasteiger partial charge >= 0.3 is 0 Å². The summed E-state index contributed by atoms with van der Waals surface area (Å²) in [5.41, 5.74) is 36.7. The number of aryl methyl sites for hydroxylation is 2. The van der Waals surface area contributed by atoms with E-state index >= 15 is 0 Å². The Morgan fingerprint density at radius 1 is 0.256 bits per heavy atom. The average molecular weight is 1690 g/mol. The van der Waals surface area contributed by atoms with Gasteiger partial charge in [0.15, 0.2) is 17.5 Å². The summed E-state index contributed by atoms with van der Waals surface area (Å²) in [7, 11) is 0. The Morgan fingerprint density at radius 2 is 0.590 bits per heavy atom. The van der Waals surface area contributed by atoms with Crippen molar-refractivity contribution in [2.24, 2.45) is 0 Å². The van der Waals surface area contributed by atoms with E-state index in [1.54, 1.807) is 13.8 Å². The standard InChI is InChI=1S/C49H34.C40H25N3.C19H16N.2C2H6.Ir/c1-5-17-35(18-6-1)39-29-40(36-19-7-2-8-20-36)32-43(31-39)49(47-27-15-13-25-45(47)46-26-14-16-28-48(46)49)44-33-41(37-21-9-3-10-22-37)30-42(34-44)38-23-11-4-12-24-38;1-3-13-26(14-4-1)37-41-38(27-15-5-2-6-16-27)43-39(42-37)28-23-24-32-31-19-9-12-22-35(31)40(36(32)25-28)33-20-10-7-17-29(33)30-18-8-11-21-34(30)40;1-14-9-10-15(2)18(12-14)16-6-5-7-17(13-16)19-8-3-4-11-20-19;2*1-2;/h1-34H;1-25H;3-6,8-13H,1-2H3;2*1-2H3;/q;;-1;;;/i;;;2*1T;. The van der Waals surface area contributed by atoms with Crippen molar-refractivity contribution in [3.63, 3.8) is 0 Å². The molecule has 0 atom stereocenters. The van der Waals surface area contributed by atoms with Gasteiger partial charge < -0.3 is 4.98 Å². The fourth-order valence-electron chi connectivity index (χ4n) is 17.4. The van der Waals surface area contributed by atoms with Crippen LogP contribution in [-0.2, 0) is 30.9 Å². The third-order valence-electron chi connectivity index (χ3n) is 22.5. The normalized spacial score (nSPS) is 12.3. The van der Waals surface area contributed by atoms with Gasteiger partial charge in [0.2, 0.25) is 0 Å². The number of nitrogens with zero attached hydrogens (tertiary/aromatic N) is 4. The van der Waals surface area contributed by atoms with Crippen LogP contribution < -0.4 is 0 Å². The van der Waals surface area contributed by atoms with Gasteiger partial charge in [-0.15, -0.1) is 35.4 Å². The van der Waals surface area contributed by atoms with Gasteiger partial charge in [-0.3, -0.25) is 0 Å². The molecule has 117 heavy (non-hydrogen) atoms. The maximum atomic E-state index is 6.21. The molecule has 0 fully saturated rings. The van der Waals surface area contributed by atoms with Crippen molar-refractivity contribution in [2.75, 3.05) is 0 Å². The second-order valence-electron chi connectivity index (χ2n) is 29.1. The van der Waals surface area contributed by atoms with Gasteiger partial charge in [0.1, 0.15) is 0 Å². The van der Waals surface area contributed by atoms with E-state index in [1.165, 1.54) is 145 Å². The largest absolute Gasteiger partial charge is 0.305 e. The summed E-state index contributed by atoms with van der Waals surface area (Å²) < 4.78 is 12.4. The van der Waals surface area contributed by atoms with Crippen LogP contribution in [-0.4, -0.2) is 19.9 Å². The van der Waals surface area contributed by atoms with E-state index in [2.05, 4.69) is 377 Å². The molecule has 3 aliphatic rings. The maximum absolute atomic E-state index is 6.21. The van der Waals surface area contributed by atoms with Gasteiger partial charge in [0, 0.05) is 45.7 Å². The summed E-state index contributed by atoms with van der Waals surface area (Å²) in [6.45, 7) is 8.85. The number of fused-ring (bicyclic) bond motifs is 13.